The zero-order valence-corrected chi connectivity index (χ0v) is 18.4. The third kappa shape index (κ3) is 6.09. The molecule has 10 heteroatoms. The van der Waals surface area contributed by atoms with Crippen molar-refractivity contribution < 1.29 is 17.9 Å². The quantitative estimate of drug-likeness (QED) is 0.483. The van der Waals surface area contributed by atoms with Gasteiger partial charge in [0, 0.05) is 5.56 Å². The Hall–Kier alpha value is -2.29. The van der Waals surface area contributed by atoms with Gasteiger partial charge in [-0.3, -0.25) is 9.10 Å². The monoisotopic (exact) mass is 457 g/mol. The number of nitrogens with zero attached hydrogens (tertiary/aromatic N) is 2. The first-order valence-corrected chi connectivity index (χ1v) is 11.2. The van der Waals surface area contributed by atoms with Gasteiger partial charge in [0.05, 0.1) is 34.8 Å². The second-order valence-electron chi connectivity index (χ2n) is 6.03. The predicted molar refractivity (Wildman–Crippen MR) is 117 cm³/mol. The van der Waals surface area contributed by atoms with E-state index in [-0.39, 0.29) is 0 Å². The maximum absolute atomic E-state index is 12.5. The Bertz CT molecular complexity index is 975. The zero-order chi connectivity index (χ0) is 21.6. The molecule has 0 aliphatic heterocycles. The zero-order valence-electron chi connectivity index (χ0n) is 16.1. The molecule has 0 aliphatic rings. The Morgan fingerprint density at radius 2 is 1.79 bits per heavy atom. The normalized spacial score (nSPS) is 12.6. The predicted octanol–water partition coefficient (Wildman–Crippen LogP) is 3.70. The topological polar surface area (TPSA) is 88.1 Å². The van der Waals surface area contributed by atoms with Gasteiger partial charge in [0.25, 0.3) is 5.91 Å². The minimum absolute atomic E-state index is 0.330. The number of sulfonamides is 1. The first-order chi connectivity index (χ1) is 13.6. The molecule has 0 radical (unpaired) electrons. The minimum atomic E-state index is -3.74. The van der Waals surface area contributed by atoms with Gasteiger partial charge in [0.15, 0.2) is 0 Å². The van der Waals surface area contributed by atoms with Crippen LogP contribution in [0.25, 0.3) is 0 Å². The second kappa shape index (κ2) is 9.96. The second-order valence-corrected chi connectivity index (χ2v) is 8.71. The molecule has 7 nitrogen and oxygen atoms in total. The third-order valence-electron chi connectivity index (χ3n) is 3.86. The summed E-state index contributed by atoms with van der Waals surface area (Å²) in [5, 5.41) is 4.59. The van der Waals surface area contributed by atoms with Crippen LogP contribution in [0.2, 0.25) is 10.0 Å². The van der Waals surface area contributed by atoms with Gasteiger partial charge >= 0.3 is 0 Å². The van der Waals surface area contributed by atoms with Gasteiger partial charge in [0.1, 0.15) is 11.8 Å². The highest BCUT2D eigenvalue weighted by Gasteiger charge is 2.29. The summed E-state index contributed by atoms with van der Waals surface area (Å²) in [6.07, 6.45) is 2.33. The highest BCUT2D eigenvalue weighted by molar-refractivity contribution is 7.92. The van der Waals surface area contributed by atoms with Crippen LogP contribution in [0.1, 0.15) is 19.4 Å². The number of anilines is 1. The lowest BCUT2D eigenvalue weighted by Crippen LogP contribution is -2.46. The first kappa shape index (κ1) is 23.0. The molecule has 0 saturated carbocycles. The first-order valence-electron chi connectivity index (χ1n) is 8.64. The SMILES string of the molecule is CCOc1ccc(N(C(C)C(=O)NN=Cc2c(Cl)cccc2Cl)S(C)(=O)=O)cc1. The molecular weight excluding hydrogens is 437 g/mol. The number of hydrazone groups is 1. The van der Waals surface area contributed by atoms with Crippen molar-refractivity contribution in [3.63, 3.8) is 0 Å². The molecule has 0 fully saturated rings. The molecule has 0 aliphatic carbocycles. The van der Waals surface area contributed by atoms with Crippen LogP contribution < -0.4 is 14.5 Å². The van der Waals surface area contributed by atoms with Gasteiger partial charge in [-0.05, 0) is 50.2 Å². The van der Waals surface area contributed by atoms with Gasteiger partial charge in [-0.1, -0.05) is 29.3 Å². The molecule has 2 aromatic rings. The maximum Gasteiger partial charge on any atom is 0.263 e. The van der Waals surface area contributed by atoms with Crippen LogP contribution in [0.4, 0.5) is 5.69 Å². The number of rotatable bonds is 8. The standard InChI is InChI=1S/C19H21Cl2N3O4S/c1-4-28-15-10-8-14(9-11-15)24(29(3,26)27)13(2)19(25)23-22-12-16-17(20)6-5-7-18(16)21/h5-13H,4H2,1-3H3,(H,23,25). The van der Waals surface area contributed by atoms with Gasteiger partial charge in [0.2, 0.25) is 10.0 Å². The largest absolute Gasteiger partial charge is 0.494 e. The van der Waals surface area contributed by atoms with Crippen molar-refractivity contribution in [2.75, 3.05) is 17.2 Å². The molecule has 1 N–H and O–H groups in total. The van der Waals surface area contributed by atoms with Crippen molar-refractivity contribution in [3.8, 4) is 5.75 Å². The number of halogens is 2. The summed E-state index contributed by atoms with van der Waals surface area (Å²) in [6.45, 7) is 3.80. The number of hydrogen-bond donors (Lipinski definition) is 1. The van der Waals surface area contributed by atoms with E-state index in [0.29, 0.717) is 33.7 Å². The fourth-order valence-corrected chi connectivity index (χ4v) is 4.22. The van der Waals surface area contributed by atoms with Crippen molar-refractivity contribution in [1.82, 2.24) is 5.43 Å². The van der Waals surface area contributed by atoms with Crippen molar-refractivity contribution in [2.45, 2.75) is 19.9 Å². The number of amides is 1. The van der Waals surface area contributed by atoms with Gasteiger partial charge < -0.3 is 4.74 Å². The summed E-state index contributed by atoms with van der Waals surface area (Å²) in [5.41, 5.74) is 3.09. The van der Waals surface area contributed by atoms with E-state index in [4.69, 9.17) is 27.9 Å². The van der Waals surface area contributed by atoms with Crippen LogP contribution in [0, 0.1) is 0 Å². The smallest absolute Gasteiger partial charge is 0.263 e. The van der Waals surface area contributed by atoms with Crippen molar-refractivity contribution >= 4 is 51.0 Å². The molecule has 0 bridgehead atoms. The van der Waals surface area contributed by atoms with E-state index in [2.05, 4.69) is 10.5 Å². The van der Waals surface area contributed by atoms with Crippen LogP contribution in [0.15, 0.2) is 47.6 Å². The van der Waals surface area contributed by atoms with Crippen LogP contribution in [0.5, 0.6) is 5.75 Å². The third-order valence-corrected chi connectivity index (χ3v) is 5.76. The number of carbonyl (C=O) groups is 1. The summed E-state index contributed by atoms with van der Waals surface area (Å²) in [5.74, 6) is -0.0215. The number of nitrogens with one attached hydrogen (secondary N) is 1. The number of benzene rings is 2. The molecular formula is C19H21Cl2N3O4S. The summed E-state index contributed by atoms with van der Waals surface area (Å²) < 4.78 is 31.0. The van der Waals surface area contributed by atoms with Gasteiger partial charge in [-0.2, -0.15) is 5.10 Å². The lowest BCUT2D eigenvalue weighted by atomic mass is 10.2. The molecule has 1 unspecified atom stereocenters. The number of hydrogen-bond acceptors (Lipinski definition) is 5. The minimum Gasteiger partial charge on any atom is -0.494 e. The highest BCUT2D eigenvalue weighted by atomic mass is 35.5. The van der Waals surface area contributed by atoms with Gasteiger partial charge in [-0.25, -0.2) is 13.8 Å². The van der Waals surface area contributed by atoms with Crippen molar-refractivity contribution in [2.24, 2.45) is 5.10 Å². The molecule has 0 saturated heterocycles. The molecule has 156 valence electrons. The van der Waals surface area contributed by atoms with E-state index in [9.17, 15) is 13.2 Å². The summed E-state index contributed by atoms with van der Waals surface area (Å²) in [7, 11) is -3.74. The average molecular weight is 458 g/mol. The van der Waals surface area contributed by atoms with Crippen LogP contribution >= 0.6 is 23.2 Å². The average Bonchev–Trinajstić information content (AvgIpc) is 2.64. The Kier molecular flexibility index (Phi) is 7.89. The highest BCUT2D eigenvalue weighted by Crippen LogP contribution is 2.24. The molecule has 29 heavy (non-hydrogen) atoms. The van der Waals surface area contributed by atoms with E-state index in [1.54, 1.807) is 42.5 Å². The molecule has 0 aromatic heterocycles. The Balaban J connectivity index is 2.19. The summed E-state index contributed by atoms with van der Waals surface area (Å²) in [4.78, 5) is 12.5. The molecule has 2 aromatic carbocycles. The fourth-order valence-electron chi connectivity index (χ4n) is 2.55. The molecule has 2 rings (SSSR count). The maximum atomic E-state index is 12.5. The van der Waals surface area contributed by atoms with E-state index < -0.39 is 22.0 Å². The number of ether oxygens (including phenoxy) is 1. The van der Waals surface area contributed by atoms with Crippen LogP contribution in [0.3, 0.4) is 0 Å². The van der Waals surface area contributed by atoms with Crippen molar-refractivity contribution in [1.29, 1.82) is 0 Å². The van der Waals surface area contributed by atoms with Crippen LogP contribution in [-0.4, -0.2) is 39.4 Å². The number of carbonyl (C=O) groups excluding carboxylic acids is 1. The van der Waals surface area contributed by atoms with E-state index in [1.165, 1.54) is 13.1 Å². The fraction of sp³-hybridized carbons (Fsp3) is 0.263. The molecule has 0 spiro atoms. The van der Waals surface area contributed by atoms with Crippen LogP contribution in [-0.2, 0) is 14.8 Å². The van der Waals surface area contributed by atoms with E-state index in [1.807, 2.05) is 6.92 Å². The Labute approximate surface area is 180 Å². The summed E-state index contributed by atoms with van der Waals surface area (Å²) in [6, 6.07) is 10.3. The molecule has 1 atom stereocenters. The van der Waals surface area contributed by atoms with Gasteiger partial charge in [-0.15, -0.1) is 0 Å². The van der Waals surface area contributed by atoms with E-state index in [0.717, 1.165) is 10.6 Å². The van der Waals surface area contributed by atoms with Crippen molar-refractivity contribution in [3.05, 3.63) is 58.1 Å². The summed E-state index contributed by atoms with van der Waals surface area (Å²) >= 11 is 12.1. The lowest BCUT2D eigenvalue weighted by Gasteiger charge is -2.27. The Morgan fingerprint density at radius 1 is 1.21 bits per heavy atom. The lowest BCUT2D eigenvalue weighted by molar-refractivity contribution is -0.121. The van der Waals surface area contributed by atoms with E-state index >= 15 is 0 Å². The molecule has 0 heterocycles. The molecule has 1 amide bonds. The Morgan fingerprint density at radius 3 is 2.31 bits per heavy atom.